The van der Waals surface area contributed by atoms with E-state index in [1.807, 2.05) is 18.3 Å². The van der Waals surface area contributed by atoms with E-state index < -0.39 is 4.92 Å². The first-order valence-electron chi connectivity index (χ1n) is 9.43. The molecule has 1 aromatic carbocycles. The maximum absolute atomic E-state index is 13.0. The molecule has 1 aliphatic rings. The van der Waals surface area contributed by atoms with Crippen LogP contribution in [0.2, 0.25) is 0 Å². The molecule has 1 saturated heterocycles. The van der Waals surface area contributed by atoms with Crippen molar-refractivity contribution in [3.8, 4) is 11.5 Å². The maximum atomic E-state index is 13.0. The average Bonchev–Trinajstić information content (AvgIpc) is 2.74. The van der Waals surface area contributed by atoms with Gasteiger partial charge in [-0.3, -0.25) is 24.8 Å². The topological polar surface area (TPSA) is 98.0 Å². The fourth-order valence-electron chi connectivity index (χ4n) is 3.33. The molecule has 0 unspecified atom stereocenters. The number of piperazine rings is 1. The van der Waals surface area contributed by atoms with E-state index in [9.17, 15) is 14.9 Å². The van der Waals surface area contributed by atoms with E-state index in [2.05, 4.69) is 9.88 Å². The number of nitrogens with zero attached hydrogens (tertiary/aromatic N) is 4. The molecule has 0 radical (unpaired) electrons. The average molecular weight is 400 g/mol. The zero-order chi connectivity index (χ0) is 20.8. The highest BCUT2D eigenvalue weighted by molar-refractivity contribution is 5.99. The maximum Gasteiger partial charge on any atom is 0.286 e. The largest absolute Gasteiger partial charge is 0.493 e. The molecule has 9 heteroatoms. The van der Waals surface area contributed by atoms with Crippen LogP contribution < -0.4 is 9.47 Å². The molecule has 0 atom stereocenters. The van der Waals surface area contributed by atoms with Crippen molar-refractivity contribution in [2.24, 2.45) is 0 Å². The number of benzene rings is 1. The number of rotatable bonds is 7. The third-order valence-corrected chi connectivity index (χ3v) is 4.80. The summed E-state index contributed by atoms with van der Waals surface area (Å²) < 4.78 is 10.7. The number of ether oxygens (including phenoxy) is 2. The van der Waals surface area contributed by atoms with E-state index >= 15 is 0 Å². The minimum absolute atomic E-state index is 0.0139. The number of pyridine rings is 1. The molecular formula is C20H24N4O5. The van der Waals surface area contributed by atoms with Gasteiger partial charge in [-0.2, -0.15) is 0 Å². The van der Waals surface area contributed by atoms with Gasteiger partial charge in [0.25, 0.3) is 11.6 Å². The lowest BCUT2D eigenvalue weighted by atomic mass is 10.1. The molecule has 9 nitrogen and oxygen atoms in total. The molecule has 154 valence electrons. The Morgan fingerprint density at radius 3 is 2.59 bits per heavy atom. The summed E-state index contributed by atoms with van der Waals surface area (Å²) in [7, 11) is 1.41. The van der Waals surface area contributed by atoms with E-state index in [1.165, 1.54) is 19.2 Å². The molecule has 1 aromatic heterocycles. The Kier molecular flexibility index (Phi) is 6.61. The van der Waals surface area contributed by atoms with E-state index in [0.717, 1.165) is 12.1 Å². The Morgan fingerprint density at radius 2 is 2.00 bits per heavy atom. The Labute approximate surface area is 169 Å². The highest BCUT2D eigenvalue weighted by Crippen LogP contribution is 2.35. The van der Waals surface area contributed by atoms with Gasteiger partial charge in [0.1, 0.15) is 5.56 Å². The number of carbonyl (C=O) groups is 1. The molecular weight excluding hydrogens is 376 g/mol. The minimum Gasteiger partial charge on any atom is -0.493 e. The lowest BCUT2D eigenvalue weighted by Crippen LogP contribution is -2.48. The third kappa shape index (κ3) is 4.80. The fourth-order valence-corrected chi connectivity index (χ4v) is 3.33. The molecule has 3 rings (SSSR count). The summed E-state index contributed by atoms with van der Waals surface area (Å²) in [5.41, 5.74) is 0.840. The highest BCUT2D eigenvalue weighted by Gasteiger charge is 2.30. The Hall–Kier alpha value is -3.20. The first-order valence-corrected chi connectivity index (χ1v) is 9.43. The van der Waals surface area contributed by atoms with Crippen molar-refractivity contribution in [1.82, 2.24) is 14.8 Å². The van der Waals surface area contributed by atoms with Crippen LogP contribution in [0.4, 0.5) is 5.69 Å². The zero-order valence-corrected chi connectivity index (χ0v) is 16.5. The Morgan fingerprint density at radius 1 is 1.24 bits per heavy atom. The van der Waals surface area contributed by atoms with Gasteiger partial charge >= 0.3 is 0 Å². The van der Waals surface area contributed by atoms with Crippen LogP contribution >= 0.6 is 0 Å². The SMILES string of the molecule is CCOc1cc(C(=O)N2CCN(Cc3cccnc3)CC2)c([N+](=O)[O-])cc1OC. The predicted molar refractivity (Wildman–Crippen MR) is 106 cm³/mol. The molecule has 1 fully saturated rings. The molecule has 0 spiro atoms. The van der Waals surface area contributed by atoms with Crippen molar-refractivity contribution in [3.63, 3.8) is 0 Å². The zero-order valence-electron chi connectivity index (χ0n) is 16.5. The summed E-state index contributed by atoms with van der Waals surface area (Å²) in [5.74, 6) is 0.178. The number of methoxy groups -OCH3 is 1. The molecule has 2 aromatic rings. The summed E-state index contributed by atoms with van der Waals surface area (Å²) in [6.45, 7) is 5.26. The lowest BCUT2D eigenvalue weighted by Gasteiger charge is -2.34. The van der Waals surface area contributed by atoms with Gasteiger partial charge in [0.15, 0.2) is 11.5 Å². The number of hydrogen-bond donors (Lipinski definition) is 0. The Balaban J connectivity index is 1.74. The van der Waals surface area contributed by atoms with Crippen molar-refractivity contribution in [1.29, 1.82) is 0 Å². The van der Waals surface area contributed by atoms with Crippen molar-refractivity contribution in [2.75, 3.05) is 39.9 Å². The first-order chi connectivity index (χ1) is 14.0. The predicted octanol–water partition coefficient (Wildman–Crippen LogP) is 2.36. The standard InChI is InChI=1S/C20H24N4O5/c1-3-29-19-11-16(17(24(26)27)12-18(19)28-2)20(25)23-9-7-22(8-10-23)14-15-5-4-6-21-13-15/h4-6,11-13H,3,7-10,14H2,1-2H3. The van der Waals surface area contributed by atoms with Crippen LogP contribution in [0.15, 0.2) is 36.7 Å². The minimum atomic E-state index is -0.565. The second kappa shape index (κ2) is 9.33. The van der Waals surface area contributed by atoms with Crippen molar-refractivity contribution in [3.05, 3.63) is 57.9 Å². The number of aromatic nitrogens is 1. The van der Waals surface area contributed by atoms with Crippen LogP contribution in [-0.2, 0) is 6.54 Å². The molecule has 29 heavy (non-hydrogen) atoms. The normalized spacial score (nSPS) is 14.5. The van der Waals surface area contributed by atoms with E-state index in [0.29, 0.717) is 38.5 Å². The second-order valence-corrected chi connectivity index (χ2v) is 6.64. The van der Waals surface area contributed by atoms with Crippen molar-refractivity contribution < 1.29 is 19.2 Å². The summed E-state index contributed by atoms with van der Waals surface area (Å²) in [6, 6.07) is 6.57. The molecule has 0 N–H and O–H groups in total. The number of amides is 1. The van der Waals surface area contributed by atoms with Gasteiger partial charge in [-0.15, -0.1) is 0 Å². The van der Waals surface area contributed by atoms with Gasteiger partial charge in [0.2, 0.25) is 0 Å². The molecule has 2 heterocycles. The van der Waals surface area contributed by atoms with Gasteiger partial charge < -0.3 is 14.4 Å². The van der Waals surface area contributed by atoms with Crippen LogP contribution in [0.1, 0.15) is 22.8 Å². The summed E-state index contributed by atoms with van der Waals surface area (Å²) in [4.78, 5) is 32.0. The molecule has 1 aliphatic heterocycles. The summed E-state index contributed by atoms with van der Waals surface area (Å²) in [5, 5.41) is 11.5. The van der Waals surface area contributed by atoms with E-state index in [4.69, 9.17) is 9.47 Å². The van der Waals surface area contributed by atoms with Gasteiger partial charge in [0.05, 0.1) is 24.7 Å². The van der Waals surface area contributed by atoms with Gasteiger partial charge in [-0.1, -0.05) is 6.07 Å². The van der Waals surface area contributed by atoms with Crippen molar-refractivity contribution in [2.45, 2.75) is 13.5 Å². The monoisotopic (exact) mass is 400 g/mol. The lowest BCUT2D eigenvalue weighted by molar-refractivity contribution is -0.385. The summed E-state index contributed by atoms with van der Waals surface area (Å²) >= 11 is 0. The number of hydrogen-bond acceptors (Lipinski definition) is 7. The highest BCUT2D eigenvalue weighted by atomic mass is 16.6. The number of carbonyl (C=O) groups excluding carboxylic acids is 1. The Bertz CT molecular complexity index is 867. The first kappa shape index (κ1) is 20.5. The van der Waals surface area contributed by atoms with Crippen LogP contribution in [-0.4, -0.2) is 65.5 Å². The van der Waals surface area contributed by atoms with Crippen LogP contribution in [0.5, 0.6) is 11.5 Å². The van der Waals surface area contributed by atoms with Gasteiger partial charge in [-0.05, 0) is 18.6 Å². The van der Waals surface area contributed by atoms with Crippen LogP contribution in [0.25, 0.3) is 0 Å². The number of nitro benzene ring substituents is 1. The van der Waals surface area contributed by atoms with Crippen LogP contribution in [0, 0.1) is 10.1 Å². The third-order valence-electron chi connectivity index (χ3n) is 4.80. The number of nitro groups is 1. The van der Waals surface area contributed by atoms with Crippen LogP contribution in [0.3, 0.4) is 0 Å². The van der Waals surface area contributed by atoms with E-state index in [1.54, 1.807) is 18.0 Å². The fraction of sp³-hybridized carbons (Fsp3) is 0.400. The molecule has 0 bridgehead atoms. The van der Waals surface area contributed by atoms with E-state index in [-0.39, 0.29) is 22.9 Å². The van der Waals surface area contributed by atoms with Gasteiger partial charge in [0, 0.05) is 51.2 Å². The summed E-state index contributed by atoms with van der Waals surface area (Å²) in [6.07, 6.45) is 3.56. The quantitative estimate of drug-likeness (QED) is 0.520. The van der Waals surface area contributed by atoms with Gasteiger partial charge in [-0.25, -0.2) is 0 Å². The second-order valence-electron chi connectivity index (χ2n) is 6.64. The van der Waals surface area contributed by atoms with Crippen molar-refractivity contribution >= 4 is 11.6 Å². The smallest absolute Gasteiger partial charge is 0.286 e. The molecule has 0 saturated carbocycles. The molecule has 0 aliphatic carbocycles. The molecule has 1 amide bonds.